The van der Waals surface area contributed by atoms with E-state index >= 15 is 0 Å². The summed E-state index contributed by atoms with van der Waals surface area (Å²) < 4.78 is 18.4. The number of carbonyl (C=O) groups excluding carboxylic acids is 1. The SMILES string of the molecule is Cl.O=Cc1c([N+](=O)[O-])ccc(F)c1OCCCC(=O)O. The molecule has 0 aliphatic carbocycles. The predicted molar refractivity (Wildman–Crippen MR) is 68.1 cm³/mol. The van der Waals surface area contributed by atoms with E-state index in [0.717, 1.165) is 12.1 Å². The molecule has 0 fully saturated rings. The molecule has 0 heterocycles. The van der Waals surface area contributed by atoms with Crippen molar-refractivity contribution in [1.29, 1.82) is 0 Å². The van der Waals surface area contributed by atoms with Gasteiger partial charge in [0.2, 0.25) is 0 Å². The molecule has 0 radical (unpaired) electrons. The Balaban J connectivity index is 0.00000361. The van der Waals surface area contributed by atoms with E-state index < -0.39 is 33.7 Å². The van der Waals surface area contributed by atoms with Gasteiger partial charge in [0, 0.05) is 12.5 Å². The van der Waals surface area contributed by atoms with E-state index in [1.165, 1.54) is 0 Å². The first-order chi connectivity index (χ1) is 8.97. The lowest BCUT2D eigenvalue weighted by Gasteiger charge is -2.08. The molecular weight excluding hydrogens is 297 g/mol. The van der Waals surface area contributed by atoms with E-state index in [1.807, 2.05) is 0 Å². The fourth-order valence-electron chi connectivity index (χ4n) is 1.38. The predicted octanol–water partition coefficient (Wildman–Crippen LogP) is 2.21. The maximum Gasteiger partial charge on any atom is 0.303 e. The smallest absolute Gasteiger partial charge is 0.303 e. The van der Waals surface area contributed by atoms with Crippen LogP contribution in [0.3, 0.4) is 0 Å². The maximum atomic E-state index is 13.4. The van der Waals surface area contributed by atoms with Crippen LogP contribution in [0, 0.1) is 15.9 Å². The highest BCUT2D eigenvalue weighted by molar-refractivity contribution is 5.86. The van der Waals surface area contributed by atoms with Crippen LogP contribution in [0.2, 0.25) is 0 Å². The molecule has 0 aliphatic heterocycles. The number of halogens is 2. The van der Waals surface area contributed by atoms with Crippen LogP contribution in [0.15, 0.2) is 12.1 Å². The van der Waals surface area contributed by atoms with Gasteiger partial charge in [0.15, 0.2) is 17.9 Å². The van der Waals surface area contributed by atoms with Gasteiger partial charge in [-0.25, -0.2) is 4.39 Å². The van der Waals surface area contributed by atoms with E-state index in [1.54, 1.807) is 0 Å². The fourth-order valence-corrected chi connectivity index (χ4v) is 1.38. The van der Waals surface area contributed by atoms with Crippen molar-refractivity contribution in [2.45, 2.75) is 12.8 Å². The van der Waals surface area contributed by atoms with Crippen molar-refractivity contribution in [1.82, 2.24) is 0 Å². The monoisotopic (exact) mass is 307 g/mol. The summed E-state index contributed by atoms with van der Waals surface area (Å²) in [6, 6.07) is 1.68. The zero-order valence-electron chi connectivity index (χ0n) is 10.1. The summed E-state index contributed by atoms with van der Waals surface area (Å²) in [6.45, 7) is -0.161. The maximum absolute atomic E-state index is 13.4. The molecule has 0 bridgehead atoms. The van der Waals surface area contributed by atoms with Crippen molar-refractivity contribution in [2.75, 3.05) is 6.61 Å². The number of ether oxygens (including phenoxy) is 1. The van der Waals surface area contributed by atoms with Crippen molar-refractivity contribution < 1.29 is 28.7 Å². The van der Waals surface area contributed by atoms with E-state index in [4.69, 9.17) is 9.84 Å². The van der Waals surface area contributed by atoms with Crippen LogP contribution in [0.25, 0.3) is 0 Å². The lowest BCUT2D eigenvalue weighted by Crippen LogP contribution is -2.06. The first kappa shape index (κ1) is 17.8. The number of nitrogens with zero attached hydrogens (tertiary/aromatic N) is 1. The summed E-state index contributed by atoms with van der Waals surface area (Å²) in [5, 5.41) is 19.1. The number of carboxylic acids is 1. The van der Waals surface area contributed by atoms with Crippen LogP contribution in [-0.2, 0) is 4.79 Å². The molecule has 0 aliphatic rings. The van der Waals surface area contributed by atoms with Gasteiger partial charge in [0.1, 0.15) is 5.56 Å². The van der Waals surface area contributed by atoms with Gasteiger partial charge in [-0.2, -0.15) is 0 Å². The molecule has 1 rings (SSSR count). The van der Waals surface area contributed by atoms with Gasteiger partial charge in [-0.1, -0.05) is 0 Å². The average Bonchev–Trinajstić information content (AvgIpc) is 2.34. The Labute approximate surface area is 118 Å². The summed E-state index contributed by atoms with van der Waals surface area (Å²) in [5.74, 6) is -2.49. The van der Waals surface area contributed by atoms with Crippen LogP contribution in [0.1, 0.15) is 23.2 Å². The van der Waals surface area contributed by atoms with Crippen LogP contribution >= 0.6 is 12.4 Å². The number of nitro benzene ring substituents is 1. The largest absolute Gasteiger partial charge is 0.489 e. The van der Waals surface area contributed by atoms with Crippen LogP contribution in [-0.4, -0.2) is 28.9 Å². The van der Waals surface area contributed by atoms with Gasteiger partial charge in [-0.15, -0.1) is 12.4 Å². The molecule has 0 saturated heterocycles. The average molecular weight is 308 g/mol. The number of nitro groups is 1. The Kier molecular flexibility index (Phi) is 7.16. The standard InChI is InChI=1S/C11H10FNO6.ClH/c12-8-3-4-9(13(17)18)7(6-14)11(8)19-5-1-2-10(15)16;/h3-4,6H,1-2,5H2,(H,15,16);1H. The highest BCUT2D eigenvalue weighted by Crippen LogP contribution is 2.29. The third-order valence-electron chi connectivity index (χ3n) is 2.22. The van der Waals surface area contributed by atoms with Crippen molar-refractivity contribution in [3.63, 3.8) is 0 Å². The normalized spacial score (nSPS) is 9.45. The second-order valence-corrected chi connectivity index (χ2v) is 3.53. The Hall–Kier alpha value is -2.22. The number of rotatable bonds is 7. The molecule has 20 heavy (non-hydrogen) atoms. The lowest BCUT2D eigenvalue weighted by atomic mass is 10.1. The Bertz CT molecular complexity index is 522. The molecule has 110 valence electrons. The number of benzene rings is 1. The number of aliphatic carboxylic acids is 1. The quantitative estimate of drug-likeness (QED) is 0.358. The number of carboxylic acid groups (broad SMARTS) is 1. The molecule has 1 N–H and O–H groups in total. The topological polar surface area (TPSA) is 107 Å². The first-order valence-corrected chi connectivity index (χ1v) is 5.24. The van der Waals surface area contributed by atoms with Crippen molar-refractivity contribution >= 4 is 30.3 Å². The van der Waals surface area contributed by atoms with E-state index in [-0.39, 0.29) is 38.1 Å². The van der Waals surface area contributed by atoms with Crippen LogP contribution in [0.4, 0.5) is 10.1 Å². The molecule has 0 spiro atoms. The minimum Gasteiger partial charge on any atom is -0.489 e. The van der Waals surface area contributed by atoms with Gasteiger partial charge in [-0.3, -0.25) is 19.7 Å². The highest BCUT2D eigenvalue weighted by Gasteiger charge is 2.22. The summed E-state index contributed by atoms with van der Waals surface area (Å²) in [6.07, 6.45) is 0.0382. The summed E-state index contributed by atoms with van der Waals surface area (Å²) in [4.78, 5) is 30.9. The minimum absolute atomic E-state index is 0. The summed E-state index contributed by atoms with van der Waals surface area (Å²) >= 11 is 0. The molecular formula is C11H11ClFNO6. The third kappa shape index (κ3) is 4.47. The Morgan fingerprint density at radius 2 is 2.15 bits per heavy atom. The van der Waals surface area contributed by atoms with E-state index in [2.05, 4.69) is 0 Å². The van der Waals surface area contributed by atoms with Crippen molar-refractivity contribution in [2.24, 2.45) is 0 Å². The molecule has 0 amide bonds. The number of aldehydes is 1. The lowest BCUT2D eigenvalue weighted by molar-refractivity contribution is -0.385. The second-order valence-electron chi connectivity index (χ2n) is 3.53. The molecule has 0 aromatic heterocycles. The van der Waals surface area contributed by atoms with Crippen LogP contribution < -0.4 is 4.74 Å². The van der Waals surface area contributed by atoms with Crippen molar-refractivity contribution in [3.8, 4) is 5.75 Å². The van der Waals surface area contributed by atoms with Gasteiger partial charge in [0.05, 0.1) is 11.5 Å². The molecule has 1 aromatic carbocycles. The van der Waals surface area contributed by atoms with Crippen molar-refractivity contribution in [3.05, 3.63) is 33.6 Å². The van der Waals surface area contributed by atoms with E-state index in [9.17, 15) is 24.1 Å². The summed E-state index contributed by atoms with van der Waals surface area (Å²) in [5.41, 5.74) is -1.06. The molecule has 9 heteroatoms. The van der Waals surface area contributed by atoms with E-state index in [0.29, 0.717) is 0 Å². The third-order valence-corrected chi connectivity index (χ3v) is 2.22. The van der Waals surface area contributed by atoms with Gasteiger partial charge in [0.25, 0.3) is 5.69 Å². The molecule has 1 aromatic rings. The second kappa shape index (κ2) is 8.05. The molecule has 0 unspecified atom stereocenters. The van der Waals surface area contributed by atoms with Gasteiger partial charge < -0.3 is 9.84 Å². The number of carbonyl (C=O) groups is 2. The molecule has 7 nitrogen and oxygen atoms in total. The number of hydrogen-bond donors (Lipinski definition) is 1. The fraction of sp³-hybridized carbons (Fsp3) is 0.273. The first-order valence-electron chi connectivity index (χ1n) is 5.24. The zero-order chi connectivity index (χ0) is 14.4. The van der Waals surface area contributed by atoms with Gasteiger partial charge in [-0.05, 0) is 12.5 Å². The van der Waals surface area contributed by atoms with Crippen LogP contribution in [0.5, 0.6) is 5.75 Å². The zero-order valence-corrected chi connectivity index (χ0v) is 10.9. The summed E-state index contributed by atoms with van der Waals surface area (Å²) in [7, 11) is 0. The number of hydrogen-bond acceptors (Lipinski definition) is 5. The molecule has 0 atom stereocenters. The van der Waals surface area contributed by atoms with Gasteiger partial charge >= 0.3 is 5.97 Å². The highest BCUT2D eigenvalue weighted by atomic mass is 35.5. The Morgan fingerprint density at radius 1 is 1.50 bits per heavy atom. The Morgan fingerprint density at radius 3 is 2.65 bits per heavy atom. The molecule has 0 saturated carbocycles. The minimum atomic E-state index is -1.04.